The van der Waals surface area contributed by atoms with Crippen LogP contribution in [0.4, 0.5) is 0 Å². The van der Waals surface area contributed by atoms with Crippen molar-refractivity contribution in [3.05, 3.63) is 0 Å². The van der Waals surface area contributed by atoms with Crippen molar-refractivity contribution in [1.82, 2.24) is 10.6 Å². The van der Waals surface area contributed by atoms with Gasteiger partial charge in [0, 0.05) is 25.9 Å². The quantitative estimate of drug-likeness (QED) is 0.471. The summed E-state index contributed by atoms with van der Waals surface area (Å²) in [6, 6.07) is 0. The van der Waals surface area contributed by atoms with Gasteiger partial charge >= 0.3 is 0 Å². The molecule has 0 fully saturated rings. The molecule has 2 aliphatic heterocycles. The van der Waals surface area contributed by atoms with Gasteiger partial charge in [-0.2, -0.15) is 0 Å². The Morgan fingerprint density at radius 2 is 1.38 bits per heavy atom. The first-order chi connectivity index (χ1) is 7.74. The molecule has 4 N–H and O–H groups in total. The lowest BCUT2D eigenvalue weighted by Gasteiger charge is -2.21. The third kappa shape index (κ3) is 3.18. The van der Waals surface area contributed by atoms with E-state index in [2.05, 4.69) is 20.6 Å². The van der Waals surface area contributed by atoms with Gasteiger partial charge in [0.15, 0.2) is 0 Å². The standard InChI is InChI=1S/C10H18N4O2/c15-7-3-11-9(12-4-7)1-2-10-13-5-8(16)6-14-10/h7-8,15-16H,1-6H2,(H,11,12)(H,13,14). The monoisotopic (exact) mass is 226 g/mol. The van der Waals surface area contributed by atoms with Gasteiger partial charge in [-0.3, -0.25) is 9.98 Å². The van der Waals surface area contributed by atoms with Crippen LogP contribution in [-0.2, 0) is 0 Å². The van der Waals surface area contributed by atoms with Crippen LogP contribution in [0.5, 0.6) is 0 Å². The highest BCUT2D eigenvalue weighted by Crippen LogP contribution is 2.01. The van der Waals surface area contributed by atoms with E-state index >= 15 is 0 Å². The van der Waals surface area contributed by atoms with Crippen molar-refractivity contribution in [3.63, 3.8) is 0 Å². The zero-order valence-corrected chi connectivity index (χ0v) is 9.19. The molecule has 2 aliphatic rings. The fraction of sp³-hybridized carbons (Fsp3) is 0.800. The number of amidine groups is 2. The van der Waals surface area contributed by atoms with Crippen molar-refractivity contribution in [2.75, 3.05) is 26.2 Å². The average Bonchev–Trinajstić information content (AvgIpc) is 2.30. The van der Waals surface area contributed by atoms with E-state index in [1.54, 1.807) is 0 Å². The highest BCUT2D eigenvalue weighted by Gasteiger charge is 2.14. The number of hydrogen-bond donors (Lipinski definition) is 4. The summed E-state index contributed by atoms with van der Waals surface area (Å²) in [4.78, 5) is 8.47. The number of aliphatic imine (C=N–C) groups is 2. The van der Waals surface area contributed by atoms with Crippen molar-refractivity contribution in [3.8, 4) is 0 Å². The Labute approximate surface area is 94.5 Å². The summed E-state index contributed by atoms with van der Waals surface area (Å²) < 4.78 is 0. The molecule has 0 radical (unpaired) electrons. The van der Waals surface area contributed by atoms with Gasteiger partial charge < -0.3 is 20.8 Å². The molecule has 0 amide bonds. The van der Waals surface area contributed by atoms with Crippen LogP contribution in [0.3, 0.4) is 0 Å². The summed E-state index contributed by atoms with van der Waals surface area (Å²) in [7, 11) is 0. The van der Waals surface area contributed by atoms with Crippen LogP contribution < -0.4 is 10.6 Å². The SMILES string of the molecule is OC1CN=C(CCC2=NCC(O)CN2)NC1. The first-order valence-electron chi connectivity index (χ1n) is 5.64. The Morgan fingerprint density at radius 1 is 0.938 bits per heavy atom. The second kappa shape index (κ2) is 5.27. The summed E-state index contributed by atoms with van der Waals surface area (Å²) >= 11 is 0. The highest BCUT2D eigenvalue weighted by molar-refractivity contribution is 5.90. The third-order valence-electron chi connectivity index (χ3n) is 2.67. The molecule has 0 aromatic carbocycles. The van der Waals surface area contributed by atoms with Crippen molar-refractivity contribution in [2.45, 2.75) is 25.0 Å². The average molecular weight is 226 g/mol. The molecule has 0 saturated carbocycles. The van der Waals surface area contributed by atoms with E-state index in [1.807, 2.05) is 0 Å². The number of nitrogens with one attached hydrogen (secondary N) is 2. The largest absolute Gasteiger partial charge is 0.389 e. The fourth-order valence-corrected chi connectivity index (χ4v) is 1.71. The molecule has 2 rings (SSSR count). The molecule has 2 unspecified atom stereocenters. The van der Waals surface area contributed by atoms with Gasteiger partial charge in [0.25, 0.3) is 0 Å². The minimum Gasteiger partial charge on any atom is -0.389 e. The lowest BCUT2D eigenvalue weighted by atomic mass is 10.2. The van der Waals surface area contributed by atoms with Crippen LogP contribution in [0.2, 0.25) is 0 Å². The van der Waals surface area contributed by atoms with E-state index in [0.29, 0.717) is 26.2 Å². The Bertz CT molecular complexity index is 273. The van der Waals surface area contributed by atoms with Gasteiger partial charge in [-0.1, -0.05) is 0 Å². The second-order valence-corrected chi connectivity index (χ2v) is 4.14. The Balaban J connectivity index is 1.75. The number of β-amino-alcohol motifs (C(OH)–C–C–N with tert-alkyl or cyclic N) is 2. The molecule has 0 bridgehead atoms. The summed E-state index contributed by atoms with van der Waals surface area (Å²) in [5, 5.41) is 24.6. The van der Waals surface area contributed by atoms with Crippen LogP contribution in [0.1, 0.15) is 12.8 Å². The fourth-order valence-electron chi connectivity index (χ4n) is 1.71. The van der Waals surface area contributed by atoms with Crippen LogP contribution in [0.25, 0.3) is 0 Å². The highest BCUT2D eigenvalue weighted by atomic mass is 16.3. The summed E-state index contributed by atoms with van der Waals surface area (Å²) in [6.45, 7) is 2.14. The number of hydrogen-bond acceptors (Lipinski definition) is 6. The van der Waals surface area contributed by atoms with Crippen molar-refractivity contribution in [1.29, 1.82) is 0 Å². The van der Waals surface area contributed by atoms with Gasteiger partial charge in [0.1, 0.15) is 0 Å². The lowest BCUT2D eigenvalue weighted by Crippen LogP contribution is -2.41. The Hall–Kier alpha value is -1.14. The van der Waals surface area contributed by atoms with Gasteiger partial charge in [0.2, 0.25) is 0 Å². The van der Waals surface area contributed by atoms with Crippen LogP contribution in [0, 0.1) is 0 Å². The molecule has 0 saturated heterocycles. The molecular weight excluding hydrogens is 208 g/mol. The third-order valence-corrected chi connectivity index (χ3v) is 2.67. The summed E-state index contributed by atoms with van der Waals surface area (Å²) in [6.07, 6.45) is 0.886. The zero-order valence-electron chi connectivity index (χ0n) is 9.19. The molecule has 2 heterocycles. The molecule has 2 atom stereocenters. The molecular formula is C10H18N4O2. The maximum atomic E-state index is 9.24. The Morgan fingerprint density at radius 3 is 1.69 bits per heavy atom. The molecule has 0 spiro atoms. The van der Waals surface area contributed by atoms with Crippen LogP contribution in [0.15, 0.2) is 9.98 Å². The number of rotatable bonds is 3. The van der Waals surface area contributed by atoms with E-state index in [1.165, 1.54) is 0 Å². The molecule has 6 nitrogen and oxygen atoms in total. The van der Waals surface area contributed by atoms with Crippen molar-refractivity contribution in [2.24, 2.45) is 9.98 Å². The maximum Gasteiger partial charge on any atom is 0.0969 e. The predicted octanol–water partition coefficient (Wildman–Crippen LogP) is -1.51. The van der Waals surface area contributed by atoms with E-state index in [0.717, 1.165) is 24.5 Å². The smallest absolute Gasteiger partial charge is 0.0969 e. The first kappa shape index (κ1) is 11.3. The maximum absolute atomic E-state index is 9.24. The molecule has 0 aliphatic carbocycles. The van der Waals surface area contributed by atoms with Crippen LogP contribution in [-0.4, -0.2) is 60.3 Å². The minimum absolute atomic E-state index is 0.357. The second-order valence-electron chi connectivity index (χ2n) is 4.14. The van der Waals surface area contributed by atoms with E-state index in [4.69, 9.17) is 0 Å². The van der Waals surface area contributed by atoms with Crippen molar-refractivity contribution < 1.29 is 10.2 Å². The normalized spacial score (nSPS) is 29.9. The number of aliphatic hydroxyl groups is 2. The zero-order chi connectivity index (χ0) is 11.4. The first-order valence-corrected chi connectivity index (χ1v) is 5.64. The van der Waals surface area contributed by atoms with Crippen LogP contribution >= 0.6 is 0 Å². The number of nitrogens with zero attached hydrogens (tertiary/aromatic N) is 2. The number of aliphatic hydroxyl groups excluding tert-OH is 2. The van der Waals surface area contributed by atoms with Gasteiger partial charge in [-0.15, -0.1) is 0 Å². The lowest BCUT2D eigenvalue weighted by molar-refractivity contribution is 0.180. The van der Waals surface area contributed by atoms with E-state index in [9.17, 15) is 10.2 Å². The van der Waals surface area contributed by atoms with Gasteiger partial charge in [-0.25, -0.2) is 0 Å². The molecule has 0 aromatic heterocycles. The van der Waals surface area contributed by atoms with Gasteiger partial charge in [0.05, 0.1) is 37.0 Å². The molecule has 16 heavy (non-hydrogen) atoms. The minimum atomic E-state index is -0.357. The summed E-state index contributed by atoms with van der Waals surface area (Å²) in [5.74, 6) is 1.86. The molecule has 0 aromatic rings. The molecule has 6 heteroatoms. The van der Waals surface area contributed by atoms with Gasteiger partial charge in [-0.05, 0) is 0 Å². The summed E-state index contributed by atoms with van der Waals surface area (Å²) in [5.41, 5.74) is 0. The van der Waals surface area contributed by atoms with E-state index < -0.39 is 0 Å². The van der Waals surface area contributed by atoms with E-state index in [-0.39, 0.29) is 12.2 Å². The topological polar surface area (TPSA) is 89.2 Å². The molecule has 90 valence electrons. The van der Waals surface area contributed by atoms with Crippen molar-refractivity contribution >= 4 is 11.7 Å². The predicted molar refractivity (Wildman–Crippen MR) is 61.9 cm³/mol. The Kier molecular flexibility index (Phi) is 3.74.